The normalized spacial score (nSPS) is 12.8. The van der Waals surface area contributed by atoms with Gasteiger partial charge in [-0.3, -0.25) is 4.79 Å². The van der Waals surface area contributed by atoms with Crippen molar-refractivity contribution in [3.05, 3.63) is 34.7 Å². The summed E-state index contributed by atoms with van der Waals surface area (Å²) >= 11 is 0. The van der Waals surface area contributed by atoms with Crippen LogP contribution in [0.25, 0.3) is 0 Å². The van der Waals surface area contributed by atoms with Crippen molar-refractivity contribution in [2.45, 2.75) is 25.9 Å². The van der Waals surface area contributed by atoms with Gasteiger partial charge in [0.2, 0.25) is 0 Å². The molecule has 0 amide bonds. The molecule has 13 heavy (non-hydrogen) atoms. The van der Waals surface area contributed by atoms with Crippen LogP contribution in [-0.4, -0.2) is 17.7 Å². The molecule has 0 bridgehead atoms. The van der Waals surface area contributed by atoms with Gasteiger partial charge in [0.05, 0.1) is 0 Å². The Morgan fingerprint density at radius 1 is 1.46 bits per heavy atom. The Balaban J connectivity index is 2.63. The van der Waals surface area contributed by atoms with Crippen LogP contribution in [0, 0.1) is 0 Å². The van der Waals surface area contributed by atoms with Gasteiger partial charge in [0.1, 0.15) is 0 Å². The number of aromatic nitrogens is 1. The molecule has 1 aromatic heterocycles. The van der Waals surface area contributed by atoms with E-state index in [-0.39, 0.29) is 5.43 Å². The van der Waals surface area contributed by atoms with Gasteiger partial charge in [-0.2, -0.15) is 0 Å². The molecule has 0 radical (unpaired) electrons. The van der Waals surface area contributed by atoms with Crippen LogP contribution in [0.5, 0.6) is 0 Å². The van der Waals surface area contributed by atoms with Gasteiger partial charge in [0.15, 0.2) is 5.43 Å². The largest absolute Gasteiger partial charge is 0.352 e. The molecule has 0 saturated carbocycles. The lowest BCUT2D eigenvalue weighted by atomic mass is 10.2. The lowest BCUT2D eigenvalue weighted by molar-refractivity contribution is 0.467. The van der Waals surface area contributed by atoms with E-state index in [9.17, 15) is 4.79 Å². The average Bonchev–Trinajstić information content (AvgIpc) is 2.17. The van der Waals surface area contributed by atoms with Gasteiger partial charge >= 0.3 is 0 Å². The molecule has 1 atom stereocenters. The van der Waals surface area contributed by atoms with Crippen LogP contribution in [0.15, 0.2) is 29.3 Å². The van der Waals surface area contributed by atoms with E-state index in [1.165, 1.54) is 0 Å². The molecule has 3 heteroatoms. The van der Waals surface area contributed by atoms with Crippen molar-refractivity contribution < 1.29 is 0 Å². The van der Waals surface area contributed by atoms with E-state index < -0.39 is 0 Å². The van der Waals surface area contributed by atoms with Crippen molar-refractivity contribution in [2.75, 3.05) is 7.05 Å². The molecule has 0 aliphatic rings. The zero-order chi connectivity index (χ0) is 9.68. The fourth-order valence-corrected chi connectivity index (χ4v) is 1.24. The summed E-state index contributed by atoms with van der Waals surface area (Å²) < 4.78 is 2.02. The molecule has 1 aromatic rings. The van der Waals surface area contributed by atoms with Crippen LogP contribution >= 0.6 is 0 Å². The van der Waals surface area contributed by atoms with Gasteiger partial charge < -0.3 is 9.88 Å². The van der Waals surface area contributed by atoms with E-state index in [1.54, 1.807) is 12.1 Å². The highest BCUT2D eigenvalue weighted by Crippen LogP contribution is 1.94. The average molecular weight is 180 g/mol. The maximum absolute atomic E-state index is 10.8. The first-order valence-electron chi connectivity index (χ1n) is 4.59. The van der Waals surface area contributed by atoms with Crippen LogP contribution in [0.1, 0.15) is 13.3 Å². The second-order valence-corrected chi connectivity index (χ2v) is 3.12. The summed E-state index contributed by atoms with van der Waals surface area (Å²) in [7, 11) is 1.96. The van der Waals surface area contributed by atoms with Gasteiger partial charge in [0, 0.05) is 37.1 Å². The highest BCUT2D eigenvalue weighted by atomic mass is 16.1. The number of rotatable bonds is 4. The number of nitrogens with one attached hydrogen (secondary N) is 1. The first kappa shape index (κ1) is 9.99. The van der Waals surface area contributed by atoms with Crippen molar-refractivity contribution in [3.8, 4) is 0 Å². The van der Waals surface area contributed by atoms with Crippen LogP contribution < -0.4 is 10.7 Å². The first-order valence-corrected chi connectivity index (χ1v) is 4.59. The Hall–Kier alpha value is -1.09. The fraction of sp³-hybridized carbons (Fsp3) is 0.500. The molecule has 0 saturated heterocycles. The molecular formula is C10H16N2O. The minimum absolute atomic E-state index is 0.0637. The second-order valence-electron chi connectivity index (χ2n) is 3.12. The highest BCUT2D eigenvalue weighted by Gasteiger charge is 2.01. The maximum atomic E-state index is 10.8. The molecule has 0 spiro atoms. The molecule has 1 rings (SSSR count). The third-order valence-corrected chi connectivity index (χ3v) is 2.19. The zero-order valence-electron chi connectivity index (χ0n) is 8.16. The van der Waals surface area contributed by atoms with Gasteiger partial charge in [-0.25, -0.2) is 0 Å². The van der Waals surface area contributed by atoms with Crippen molar-refractivity contribution >= 4 is 0 Å². The minimum Gasteiger partial charge on any atom is -0.352 e. The number of nitrogens with zero attached hydrogens (tertiary/aromatic N) is 1. The second kappa shape index (κ2) is 4.82. The lowest BCUT2D eigenvalue weighted by Crippen LogP contribution is -2.29. The van der Waals surface area contributed by atoms with Crippen LogP contribution in [0.3, 0.4) is 0 Å². The van der Waals surface area contributed by atoms with Crippen LogP contribution in [0.4, 0.5) is 0 Å². The van der Waals surface area contributed by atoms with Crippen LogP contribution in [0.2, 0.25) is 0 Å². The van der Waals surface area contributed by atoms with Crippen molar-refractivity contribution in [2.24, 2.45) is 0 Å². The Labute approximate surface area is 78.4 Å². The molecular weight excluding hydrogens is 164 g/mol. The Bertz CT molecular complexity index is 282. The molecule has 3 nitrogen and oxygen atoms in total. The Morgan fingerprint density at radius 3 is 2.54 bits per heavy atom. The van der Waals surface area contributed by atoms with Gasteiger partial charge in [-0.05, 0) is 13.5 Å². The summed E-state index contributed by atoms with van der Waals surface area (Å²) in [6.07, 6.45) is 4.73. The van der Waals surface area contributed by atoms with Crippen molar-refractivity contribution in [1.29, 1.82) is 0 Å². The highest BCUT2D eigenvalue weighted by molar-refractivity contribution is 4.94. The lowest BCUT2D eigenvalue weighted by Gasteiger charge is -2.15. The number of hydrogen-bond donors (Lipinski definition) is 1. The summed E-state index contributed by atoms with van der Waals surface area (Å²) in [6.45, 7) is 3.05. The van der Waals surface area contributed by atoms with E-state index in [2.05, 4.69) is 12.2 Å². The number of likely N-dealkylation sites (N-methyl/N-ethyl adjacent to an activating group) is 1. The van der Waals surface area contributed by atoms with E-state index in [4.69, 9.17) is 0 Å². The van der Waals surface area contributed by atoms with Crippen molar-refractivity contribution in [3.63, 3.8) is 0 Å². The molecule has 1 unspecified atom stereocenters. The van der Waals surface area contributed by atoms with Gasteiger partial charge in [-0.1, -0.05) is 6.92 Å². The topological polar surface area (TPSA) is 34.0 Å². The first-order chi connectivity index (χ1) is 6.26. The SMILES string of the molecule is CCC(Cn1ccc(=O)cc1)NC. The summed E-state index contributed by atoms with van der Waals surface area (Å²) in [4.78, 5) is 10.8. The third kappa shape index (κ3) is 3.03. The summed E-state index contributed by atoms with van der Waals surface area (Å²) in [5.74, 6) is 0. The van der Waals surface area contributed by atoms with Crippen molar-refractivity contribution in [1.82, 2.24) is 9.88 Å². The summed E-state index contributed by atoms with van der Waals surface area (Å²) in [6, 6.07) is 3.65. The third-order valence-electron chi connectivity index (χ3n) is 2.19. The smallest absolute Gasteiger partial charge is 0.181 e. The fourth-order valence-electron chi connectivity index (χ4n) is 1.24. The predicted molar refractivity (Wildman–Crippen MR) is 53.8 cm³/mol. The Morgan fingerprint density at radius 2 is 2.08 bits per heavy atom. The zero-order valence-corrected chi connectivity index (χ0v) is 8.16. The standard InChI is InChI=1S/C10H16N2O/c1-3-9(11-2)8-12-6-4-10(13)5-7-12/h4-7,9,11H,3,8H2,1-2H3. The molecule has 1 heterocycles. The van der Waals surface area contributed by atoms with E-state index in [0.717, 1.165) is 13.0 Å². The van der Waals surface area contributed by atoms with E-state index >= 15 is 0 Å². The molecule has 0 aliphatic carbocycles. The monoisotopic (exact) mass is 180 g/mol. The Kier molecular flexibility index (Phi) is 3.71. The van der Waals surface area contributed by atoms with Crippen LogP contribution in [-0.2, 0) is 6.54 Å². The van der Waals surface area contributed by atoms with Gasteiger partial charge in [-0.15, -0.1) is 0 Å². The molecule has 0 aromatic carbocycles. The summed E-state index contributed by atoms with van der Waals surface area (Å²) in [5.41, 5.74) is 0.0637. The van der Waals surface area contributed by atoms with Gasteiger partial charge in [0.25, 0.3) is 0 Å². The van der Waals surface area contributed by atoms with E-state index in [0.29, 0.717) is 6.04 Å². The predicted octanol–water partition coefficient (Wildman–Crippen LogP) is 0.846. The van der Waals surface area contributed by atoms with E-state index in [1.807, 2.05) is 24.0 Å². The number of pyridine rings is 1. The maximum Gasteiger partial charge on any atom is 0.181 e. The minimum atomic E-state index is 0.0637. The molecule has 0 aliphatic heterocycles. The molecule has 72 valence electrons. The quantitative estimate of drug-likeness (QED) is 0.745. The number of hydrogen-bond acceptors (Lipinski definition) is 2. The molecule has 0 fully saturated rings. The molecule has 1 N–H and O–H groups in total. The summed E-state index contributed by atoms with van der Waals surface area (Å²) in [5, 5.41) is 3.22.